The molecule has 1 aliphatic rings. The third-order valence-electron chi connectivity index (χ3n) is 3.14. The summed E-state index contributed by atoms with van der Waals surface area (Å²) in [6.45, 7) is 4.33. The second-order valence-corrected chi connectivity index (χ2v) is 7.00. The topological polar surface area (TPSA) is 57.6 Å². The molecule has 18 heavy (non-hydrogen) atoms. The Kier molecular flexibility index (Phi) is 3.64. The van der Waals surface area contributed by atoms with E-state index in [1.165, 1.54) is 22.5 Å². The number of nitrogens with zero attached hydrogens (tertiary/aromatic N) is 1. The van der Waals surface area contributed by atoms with E-state index in [-0.39, 0.29) is 16.7 Å². The number of phenolic OH excluding ortho intramolecular Hbond substituents is 1. The summed E-state index contributed by atoms with van der Waals surface area (Å²) in [5.41, 5.74) is 0. The van der Waals surface area contributed by atoms with Crippen LogP contribution < -0.4 is 0 Å². The van der Waals surface area contributed by atoms with Gasteiger partial charge in [-0.2, -0.15) is 4.31 Å². The van der Waals surface area contributed by atoms with Crippen molar-refractivity contribution in [1.82, 2.24) is 4.31 Å². The molecule has 1 aliphatic carbocycles. The fourth-order valence-corrected chi connectivity index (χ4v) is 3.67. The van der Waals surface area contributed by atoms with Crippen molar-refractivity contribution < 1.29 is 13.5 Å². The minimum atomic E-state index is -3.50. The molecule has 0 radical (unpaired) electrons. The average molecular weight is 269 g/mol. The molecule has 2 rings (SSSR count). The second kappa shape index (κ2) is 4.90. The molecule has 1 aromatic carbocycles. The Morgan fingerprint density at radius 3 is 2.56 bits per heavy atom. The van der Waals surface area contributed by atoms with Crippen molar-refractivity contribution in [1.29, 1.82) is 0 Å². The molecule has 0 saturated heterocycles. The van der Waals surface area contributed by atoms with Crippen LogP contribution in [0.15, 0.2) is 29.2 Å². The maximum atomic E-state index is 12.5. The summed E-state index contributed by atoms with van der Waals surface area (Å²) in [6.07, 6.45) is 2.22. The van der Waals surface area contributed by atoms with Crippen LogP contribution in [0, 0.1) is 5.92 Å². The van der Waals surface area contributed by atoms with Crippen LogP contribution in [0.5, 0.6) is 5.75 Å². The van der Waals surface area contributed by atoms with Crippen molar-refractivity contribution in [2.24, 2.45) is 5.92 Å². The highest BCUT2D eigenvalue weighted by atomic mass is 32.2. The van der Waals surface area contributed by atoms with Gasteiger partial charge in [-0.25, -0.2) is 8.42 Å². The third-order valence-corrected chi connectivity index (χ3v) is 5.17. The number of sulfonamides is 1. The van der Waals surface area contributed by atoms with Crippen LogP contribution >= 0.6 is 0 Å². The fraction of sp³-hybridized carbons (Fsp3) is 0.538. The third kappa shape index (κ3) is 2.84. The van der Waals surface area contributed by atoms with E-state index in [4.69, 9.17) is 0 Å². The van der Waals surface area contributed by atoms with Crippen LogP contribution in [-0.2, 0) is 10.0 Å². The van der Waals surface area contributed by atoms with E-state index >= 15 is 0 Å². The lowest BCUT2D eigenvalue weighted by molar-refractivity contribution is 0.341. The standard InChI is InChI=1S/C13H19NO3S/c1-10(2)14(9-11-6-7-11)18(16,17)13-5-3-4-12(15)8-13/h3-5,8,10-11,15H,6-7,9H2,1-2H3. The van der Waals surface area contributed by atoms with Crippen molar-refractivity contribution in [3.8, 4) is 5.75 Å². The van der Waals surface area contributed by atoms with Crippen molar-refractivity contribution >= 4 is 10.0 Å². The lowest BCUT2D eigenvalue weighted by Crippen LogP contribution is -2.38. The summed E-state index contributed by atoms with van der Waals surface area (Å²) in [5.74, 6) is 0.477. The van der Waals surface area contributed by atoms with Crippen LogP contribution in [-0.4, -0.2) is 30.4 Å². The normalized spacial score (nSPS) is 16.4. The monoisotopic (exact) mass is 269 g/mol. The second-order valence-electron chi connectivity index (χ2n) is 5.11. The molecule has 0 aliphatic heterocycles. The summed E-state index contributed by atoms with van der Waals surface area (Å²) >= 11 is 0. The molecular formula is C13H19NO3S. The zero-order valence-corrected chi connectivity index (χ0v) is 11.5. The SMILES string of the molecule is CC(C)N(CC1CC1)S(=O)(=O)c1cccc(O)c1. The van der Waals surface area contributed by atoms with Gasteiger partial charge in [0.1, 0.15) is 5.75 Å². The molecular weight excluding hydrogens is 250 g/mol. The summed E-state index contributed by atoms with van der Waals surface area (Å²) < 4.78 is 26.5. The van der Waals surface area contributed by atoms with Gasteiger partial charge in [0.25, 0.3) is 0 Å². The maximum absolute atomic E-state index is 12.5. The van der Waals surface area contributed by atoms with Crippen LogP contribution in [0.3, 0.4) is 0 Å². The molecule has 0 bridgehead atoms. The van der Waals surface area contributed by atoms with Crippen LogP contribution in [0.4, 0.5) is 0 Å². The molecule has 0 unspecified atom stereocenters. The fourth-order valence-electron chi connectivity index (χ4n) is 1.92. The molecule has 0 amide bonds. The Labute approximate surface area is 108 Å². The molecule has 5 heteroatoms. The highest BCUT2D eigenvalue weighted by molar-refractivity contribution is 7.89. The first-order valence-electron chi connectivity index (χ1n) is 6.22. The molecule has 100 valence electrons. The minimum Gasteiger partial charge on any atom is -0.508 e. The lowest BCUT2D eigenvalue weighted by Gasteiger charge is -2.25. The van der Waals surface area contributed by atoms with E-state index in [0.29, 0.717) is 12.5 Å². The first-order valence-corrected chi connectivity index (χ1v) is 7.66. The Hall–Kier alpha value is -1.07. The molecule has 0 atom stereocenters. The predicted molar refractivity (Wildman–Crippen MR) is 69.9 cm³/mol. The number of phenols is 1. The molecule has 1 N–H and O–H groups in total. The molecule has 1 fully saturated rings. The highest BCUT2D eigenvalue weighted by Gasteiger charge is 2.33. The smallest absolute Gasteiger partial charge is 0.243 e. The zero-order chi connectivity index (χ0) is 13.3. The largest absolute Gasteiger partial charge is 0.508 e. The quantitative estimate of drug-likeness (QED) is 0.891. The Bertz CT molecular complexity index is 521. The van der Waals surface area contributed by atoms with Crippen LogP contribution in [0.1, 0.15) is 26.7 Å². The molecule has 4 nitrogen and oxygen atoms in total. The van der Waals surface area contributed by atoms with Gasteiger partial charge in [-0.1, -0.05) is 6.07 Å². The van der Waals surface area contributed by atoms with Gasteiger partial charge in [0, 0.05) is 12.6 Å². The van der Waals surface area contributed by atoms with Gasteiger partial charge in [0.15, 0.2) is 0 Å². The molecule has 0 aromatic heterocycles. The zero-order valence-electron chi connectivity index (χ0n) is 10.7. The van der Waals surface area contributed by atoms with Crippen LogP contribution in [0.25, 0.3) is 0 Å². The van der Waals surface area contributed by atoms with Gasteiger partial charge < -0.3 is 5.11 Å². The minimum absolute atomic E-state index is 0.0220. The number of rotatable bonds is 5. The highest BCUT2D eigenvalue weighted by Crippen LogP contribution is 2.32. The first-order chi connectivity index (χ1) is 8.41. The van der Waals surface area contributed by atoms with Gasteiger partial charge in [-0.05, 0) is 50.8 Å². The van der Waals surface area contributed by atoms with E-state index in [0.717, 1.165) is 12.8 Å². The Morgan fingerprint density at radius 1 is 1.39 bits per heavy atom. The van der Waals surface area contributed by atoms with Gasteiger partial charge in [-0.3, -0.25) is 0 Å². The van der Waals surface area contributed by atoms with E-state index in [9.17, 15) is 13.5 Å². The van der Waals surface area contributed by atoms with Crippen molar-refractivity contribution in [2.75, 3.05) is 6.54 Å². The van der Waals surface area contributed by atoms with Gasteiger partial charge in [-0.15, -0.1) is 0 Å². The van der Waals surface area contributed by atoms with E-state index < -0.39 is 10.0 Å². The summed E-state index contributed by atoms with van der Waals surface area (Å²) in [4.78, 5) is 0.164. The molecule has 1 saturated carbocycles. The maximum Gasteiger partial charge on any atom is 0.243 e. The Balaban J connectivity index is 2.31. The van der Waals surface area contributed by atoms with Crippen molar-refractivity contribution in [2.45, 2.75) is 37.6 Å². The number of hydrogen-bond acceptors (Lipinski definition) is 3. The summed E-state index contributed by atoms with van der Waals surface area (Å²) in [7, 11) is -3.50. The molecule has 0 heterocycles. The lowest BCUT2D eigenvalue weighted by atomic mass is 10.3. The number of hydrogen-bond donors (Lipinski definition) is 1. The van der Waals surface area contributed by atoms with Crippen LogP contribution in [0.2, 0.25) is 0 Å². The summed E-state index contributed by atoms with van der Waals surface area (Å²) in [5, 5.41) is 9.41. The number of aromatic hydroxyl groups is 1. The molecule has 0 spiro atoms. The first kappa shape index (κ1) is 13.4. The number of benzene rings is 1. The van der Waals surface area contributed by atoms with E-state index in [1.54, 1.807) is 6.07 Å². The van der Waals surface area contributed by atoms with Gasteiger partial charge in [0.05, 0.1) is 4.90 Å². The average Bonchev–Trinajstić information content (AvgIpc) is 3.09. The van der Waals surface area contributed by atoms with Gasteiger partial charge >= 0.3 is 0 Å². The van der Waals surface area contributed by atoms with Gasteiger partial charge in [0.2, 0.25) is 10.0 Å². The van der Waals surface area contributed by atoms with Crippen molar-refractivity contribution in [3.63, 3.8) is 0 Å². The summed E-state index contributed by atoms with van der Waals surface area (Å²) in [6, 6.07) is 5.78. The van der Waals surface area contributed by atoms with E-state index in [1.807, 2.05) is 13.8 Å². The molecule has 1 aromatic rings. The van der Waals surface area contributed by atoms with Crippen molar-refractivity contribution in [3.05, 3.63) is 24.3 Å². The Morgan fingerprint density at radius 2 is 2.06 bits per heavy atom. The van der Waals surface area contributed by atoms with E-state index in [2.05, 4.69) is 0 Å². The predicted octanol–water partition coefficient (Wildman–Crippen LogP) is 2.20.